The molecule has 2 atom stereocenters. The van der Waals surface area contributed by atoms with Crippen LogP contribution in [-0.4, -0.2) is 17.4 Å². The van der Waals surface area contributed by atoms with Gasteiger partial charge in [0.2, 0.25) is 0 Å². The lowest BCUT2D eigenvalue weighted by Gasteiger charge is -2.24. The van der Waals surface area contributed by atoms with E-state index in [-0.39, 0.29) is 36.7 Å². The van der Waals surface area contributed by atoms with Gasteiger partial charge in [0, 0.05) is 12.1 Å². The smallest absolute Gasteiger partial charge is 0.257 e. The number of hydrogen-bond acceptors (Lipinski definition) is 3. The number of hydrogen-bond donors (Lipinski definition) is 1. The van der Waals surface area contributed by atoms with E-state index < -0.39 is 0 Å². The molecule has 2 N–H and O–H groups in total. The number of furan rings is 1. The molecule has 4 nitrogen and oxygen atoms in total. The summed E-state index contributed by atoms with van der Waals surface area (Å²) in [6, 6.07) is 8.06. The molecule has 0 aliphatic carbocycles. The van der Waals surface area contributed by atoms with Crippen LogP contribution in [0.1, 0.15) is 41.1 Å². The first kappa shape index (κ1) is 17.5. The first-order chi connectivity index (χ1) is 10.6. The van der Waals surface area contributed by atoms with Crippen LogP contribution in [0.3, 0.4) is 0 Å². The van der Waals surface area contributed by atoms with Crippen molar-refractivity contribution in [1.29, 1.82) is 0 Å². The van der Waals surface area contributed by atoms with Crippen LogP contribution in [0.2, 0.25) is 0 Å². The van der Waals surface area contributed by atoms with E-state index in [1.807, 2.05) is 0 Å². The normalized spacial score (nSPS) is 20.4. The van der Waals surface area contributed by atoms with Crippen molar-refractivity contribution in [1.82, 2.24) is 4.90 Å². The molecular weight excluding hydrogens is 319 g/mol. The van der Waals surface area contributed by atoms with Gasteiger partial charge in [0.05, 0.1) is 18.2 Å². The Morgan fingerprint density at radius 1 is 1.43 bits per heavy atom. The Morgan fingerprint density at radius 2 is 2.17 bits per heavy atom. The Morgan fingerprint density at radius 3 is 2.83 bits per heavy atom. The summed E-state index contributed by atoms with van der Waals surface area (Å²) in [5.74, 6) is 0.489. The average molecular weight is 339 g/mol. The Balaban J connectivity index is 0.00000192. The Kier molecular flexibility index (Phi) is 5.44. The maximum absolute atomic E-state index is 14.1. The van der Waals surface area contributed by atoms with E-state index in [1.165, 1.54) is 12.3 Å². The summed E-state index contributed by atoms with van der Waals surface area (Å²) in [4.78, 5) is 14.4. The molecule has 1 amide bonds. The highest BCUT2D eigenvalue weighted by Crippen LogP contribution is 2.37. The highest BCUT2D eigenvalue weighted by atomic mass is 35.5. The predicted molar refractivity (Wildman–Crippen MR) is 87.8 cm³/mol. The van der Waals surface area contributed by atoms with E-state index in [1.54, 1.807) is 29.2 Å². The van der Waals surface area contributed by atoms with Crippen LogP contribution in [-0.2, 0) is 6.54 Å². The molecule has 6 heteroatoms. The largest absolute Gasteiger partial charge is 0.467 e. The van der Waals surface area contributed by atoms with Crippen LogP contribution in [0, 0.1) is 11.7 Å². The number of nitrogens with zero attached hydrogens (tertiary/aromatic N) is 1. The number of halogens is 2. The number of nitrogens with two attached hydrogens (primary N) is 1. The summed E-state index contributed by atoms with van der Waals surface area (Å²) in [7, 11) is 0. The summed E-state index contributed by atoms with van der Waals surface area (Å²) >= 11 is 0. The molecule has 3 rings (SSSR count). The van der Waals surface area contributed by atoms with Crippen molar-refractivity contribution in [3.63, 3.8) is 0 Å². The monoisotopic (exact) mass is 338 g/mol. The fourth-order valence-electron chi connectivity index (χ4n) is 3.08. The van der Waals surface area contributed by atoms with Crippen LogP contribution in [0.5, 0.6) is 0 Å². The van der Waals surface area contributed by atoms with E-state index >= 15 is 0 Å². The molecule has 1 aliphatic rings. The van der Waals surface area contributed by atoms with Crippen molar-refractivity contribution in [2.75, 3.05) is 6.54 Å². The number of amides is 1. The van der Waals surface area contributed by atoms with Gasteiger partial charge in [0.15, 0.2) is 0 Å². The third-order valence-corrected chi connectivity index (χ3v) is 4.14. The van der Waals surface area contributed by atoms with Gasteiger partial charge in [-0.1, -0.05) is 25.1 Å². The third kappa shape index (κ3) is 3.41. The Hall–Kier alpha value is -1.85. The van der Waals surface area contributed by atoms with Crippen LogP contribution < -0.4 is 5.73 Å². The molecule has 1 fully saturated rings. The second-order valence-corrected chi connectivity index (χ2v) is 5.84. The minimum atomic E-state index is -0.269. The van der Waals surface area contributed by atoms with E-state index in [2.05, 4.69) is 6.92 Å². The van der Waals surface area contributed by atoms with Crippen LogP contribution in [0.15, 0.2) is 41.0 Å². The first-order valence-electron chi connectivity index (χ1n) is 7.43. The summed E-state index contributed by atoms with van der Waals surface area (Å²) in [5, 5.41) is 0. The van der Waals surface area contributed by atoms with E-state index in [9.17, 15) is 9.18 Å². The molecule has 0 bridgehead atoms. The van der Waals surface area contributed by atoms with Gasteiger partial charge in [-0.3, -0.25) is 4.79 Å². The highest BCUT2D eigenvalue weighted by Gasteiger charge is 2.36. The lowest BCUT2D eigenvalue weighted by atomic mass is 10.0. The zero-order chi connectivity index (χ0) is 15.7. The zero-order valence-corrected chi connectivity index (χ0v) is 13.7. The van der Waals surface area contributed by atoms with Gasteiger partial charge in [0.1, 0.15) is 17.8 Å². The molecule has 2 unspecified atom stereocenters. The zero-order valence-electron chi connectivity index (χ0n) is 12.9. The van der Waals surface area contributed by atoms with Crippen LogP contribution >= 0.6 is 12.4 Å². The first-order valence-corrected chi connectivity index (χ1v) is 7.43. The van der Waals surface area contributed by atoms with Gasteiger partial charge in [-0.25, -0.2) is 4.39 Å². The second kappa shape index (κ2) is 7.15. The van der Waals surface area contributed by atoms with Crippen LogP contribution in [0.4, 0.5) is 4.39 Å². The van der Waals surface area contributed by atoms with Gasteiger partial charge < -0.3 is 15.1 Å². The summed E-state index contributed by atoms with van der Waals surface area (Å²) in [6.07, 6.45) is 2.18. The van der Waals surface area contributed by atoms with Gasteiger partial charge >= 0.3 is 0 Å². The van der Waals surface area contributed by atoms with E-state index in [0.29, 0.717) is 29.3 Å². The lowest BCUT2D eigenvalue weighted by Crippen LogP contribution is -2.31. The van der Waals surface area contributed by atoms with E-state index in [4.69, 9.17) is 10.2 Å². The molecule has 0 saturated carbocycles. The predicted octanol–water partition coefficient (Wildman–Crippen LogP) is 3.52. The van der Waals surface area contributed by atoms with Crippen LogP contribution in [0.25, 0.3) is 0 Å². The van der Waals surface area contributed by atoms with E-state index in [0.717, 1.165) is 6.42 Å². The van der Waals surface area contributed by atoms with Gasteiger partial charge in [-0.15, -0.1) is 12.4 Å². The van der Waals surface area contributed by atoms with Crippen molar-refractivity contribution in [2.45, 2.75) is 25.9 Å². The molecular formula is C17H20ClFN2O2. The highest BCUT2D eigenvalue weighted by molar-refractivity contribution is 5.94. The number of carbonyl (C=O) groups excluding carboxylic acids is 1. The van der Waals surface area contributed by atoms with Gasteiger partial charge in [0.25, 0.3) is 5.91 Å². The fraction of sp³-hybridized carbons (Fsp3) is 0.353. The van der Waals surface area contributed by atoms with Crippen molar-refractivity contribution in [3.8, 4) is 0 Å². The summed E-state index contributed by atoms with van der Waals surface area (Å²) in [6.45, 7) is 2.93. The quantitative estimate of drug-likeness (QED) is 0.931. The molecule has 1 aliphatic heterocycles. The van der Waals surface area contributed by atoms with Crippen molar-refractivity contribution < 1.29 is 13.6 Å². The molecule has 1 saturated heterocycles. The maximum atomic E-state index is 14.1. The minimum absolute atomic E-state index is 0. The molecule has 1 aromatic carbocycles. The maximum Gasteiger partial charge on any atom is 0.257 e. The Bertz CT molecular complexity index is 689. The lowest BCUT2D eigenvalue weighted by molar-refractivity contribution is 0.0729. The number of rotatable bonds is 3. The molecule has 124 valence electrons. The molecule has 0 radical (unpaired) electrons. The standard InChI is InChI=1S/C17H19FN2O2.ClH/c1-11-6-16(14-4-2-3-5-15(14)18)20(9-11)17(21)12-7-13(8-19)22-10-12;/h2-5,7,10-11,16H,6,8-9,19H2,1H3;1H. The number of benzene rings is 1. The molecule has 23 heavy (non-hydrogen) atoms. The van der Waals surface area contributed by atoms with Gasteiger partial charge in [-0.2, -0.15) is 0 Å². The molecule has 0 spiro atoms. The minimum Gasteiger partial charge on any atom is -0.467 e. The third-order valence-electron chi connectivity index (χ3n) is 4.14. The summed E-state index contributed by atoms with van der Waals surface area (Å²) in [5.41, 5.74) is 6.55. The molecule has 1 aromatic heterocycles. The number of carbonyl (C=O) groups is 1. The van der Waals surface area contributed by atoms with Gasteiger partial charge in [-0.05, 0) is 24.5 Å². The van der Waals surface area contributed by atoms with Crippen molar-refractivity contribution in [2.24, 2.45) is 11.7 Å². The fourth-order valence-corrected chi connectivity index (χ4v) is 3.08. The second-order valence-electron chi connectivity index (χ2n) is 5.84. The van der Waals surface area contributed by atoms with Crippen molar-refractivity contribution >= 4 is 18.3 Å². The average Bonchev–Trinajstić information content (AvgIpc) is 3.13. The molecule has 2 aromatic rings. The molecule has 2 heterocycles. The SMILES string of the molecule is CC1CC(c2ccccc2F)N(C(=O)c2coc(CN)c2)C1.Cl. The summed E-state index contributed by atoms with van der Waals surface area (Å²) < 4.78 is 19.3. The Labute approximate surface area is 140 Å². The topological polar surface area (TPSA) is 59.5 Å². The van der Waals surface area contributed by atoms with Crippen molar-refractivity contribution in [3.05, 3.63) is 59.3 Å². The number of likely N-dealkylation sites (tertiary alicyclic amines) is 1.